The van der Waals surface area contributed by atoms with Crippen LogP contribution in [0.1, 0.15) is 11.1 Å². The SMILES string of the molecule is Cc1ccnc(Nc2cncnc2)c1C#N. The molecular weight excluding hydrogens is 202 g/mol. The fraction of sp³-hybridized carbons (Fsp3) is 0.0909. The summed E-state index contributed by atoms with van der Waals surface area (Å²) in [6.07, 6.45) is 6.35. The second-order valence-corrected chi connectivity index (χ2v) is 3.22. The molecule has 2 aromatic heterocycles. The third-order valence-electron chi connectivity index (χ3n) is 2.09. The predicted molar refractivity (Wildman–Crippen MR) is 59.0 cm³/mol. The molecule has 0 bridgehead atoms. The van der Waals surface area contributed by atoms with Gasteiger partial charge in [0.1, 0.15) is 18.2 Å². The Kier molecular flexibility index (Phi) is 2.74. The van der Waals surface area contributed by atoms with E-state index in [4.69, 9.17) is 5.26 Å². The minimum atomic E-state index is 0.525. The van der Waals surface area contributed by atoms with Crippen molar-refractivity contribution in [2.24, 2.45) is 0 Å². The van der Waals surface area contributed by atoms with E-state index < -0.39 is 0 Å². The molecule has 0 aliphatic rings. The second-order valence-electron chi connectivity index (χ2n) is 3.22. The average molecular weight is 211 g/mol. The Morgan fingerprint density at radius 2 is 2.06 bits per heavy atom. The van der Waals surface area contributed by atoms with Gasteiger partial charge in [-0.1, -0.05) is 0 Å². The van der Waals surface area contributed by atoms with E-state index in [0.717, 1.165) is 5.56 Å². The van der Waals surface area contributed by atoms with Gasteiger partial charge in [-0.3, -0.25) is 0 Å². The third-order valence-corrected chi connectivity index (χ3v) is 2.09. The quantitative estimate of drug-likeness (QED) is 0.819. The van der Waals surface area contributed by atoms with Gasteiger partial charge in [-0.25, -0.2) is 15.0 Å². The van der Waals surface area contributed by atoms with Crippen molar-refractivity contribution in [1.29, 1.82) is 5.26 Å². The first-order valence-corrected chi connectivity index (χ1v) is 4.69. The Labute approximate surface area is 92.8 Å². The lowest BCUT2D eigenvalue weighted by atomic mass is 10.1. The lowest BCUT2D eigenvalue weighted by Gasteiger charge is -2.07. The van der Waals surface area contributed by atoms with Crippen LogP contribution in [0, 0.1) is 18.3 Å². The molecule has 5 heteroatoms. The second kappa shape index (κ2) is 4.36. The summed E-state index contributed by atoms with van der Waals surface area (Å²) in [7, 11) is 0. The Morgan fingerprint density at radius 1 is 1.31 bits per heavy atom. The van der Waals surface area contributed by atoms with Crippen molar-refractivity contribution in [3.63, 3.8) is 0 Å². The molecule has 0 fully saturated rings. The van der Waals surface area contributed by atoms with Gasteiger partial charge in [0.25, 0.3) is 0 Å². The number of pyridine rings is 1. The molecule has 0 radical (unpaired) electrons. The number of hydrogen-bond donors (Lipinski definition) is 1. The molecule has 0 aromatic carbocycles. The number of nitriles is 1. The van der Waals surface area contributed by atoms with Crippen LogP contribution < -0.4 is 5.32 Å². The van der Waals surface area contributed by atoms with Crippen LogP contribution in [0.2, 0.25) is 0 Å². The van der Waals surface area contributed by atoms with Crippen molar-refractivity contribution in [3.8, 4) is 6.07 Å². The summed E-state index contributed by atoms with van der Waals surface area (Å²) < 4.78 is 0. The summed E-state index contributed by atoms with van der Waals surface area (Å²) in [5, 5.41) is 12.0. The van der Waals surface area contributed by atoms with Crippen LogP contribution in [-0.4, -0.2) is 15.0 Å². The number of aromatic nitrogens is 3. The first-order valence-electron chi connectivity index (χ1n) is 4.69. The van der Waals surface area contributed by atoms with Gasteiger partial charge in [0.05, 0.1) is 23.6 Å². The number of anilines is 2. The molecule has 0 spiro atoms. The summed E-state index contributed by atoms with van der Waals surface area (Å²) >= 11 is 0. The normalized spacial score (nSPS) is 9.50. The summed E-state index contributed by atoms with van der Waals surface area (Å²) in [5.41, 5.74) is 2.13. The molecule has 1 N–H and O–H groups in total. The van der Waals surface area contributed by atoms with Crippen molar-refractivity contribution in [2.45, 2.75) is 6.92 Å². The van der Waals surface area contributed by atoms with Crippen molar-refractivity contribution in [1.82, 2.24) is 15.0 Å². The highest BCUT2D eigenvalue weighted by Crippen LogP contribution is 2.18. The van der Waals surface area contributed by atoms with Crippen LogP contribution in [0.3, 0.4) is 0 Å². The van der Waals surface area contributed by atoms with Crippen molar-refractivity contribution in [3.05, 3.63) is 42.1 Å². The maximum Gasteiger partial charge on any atom is 0.148 e. The van der Waals surface area contributed by atoms with E-state index >= 15 is 0 Å². The van der Waals surface area contributed by atoms with E-state index in [2.05, 4.69) is 26.3 Å². The van der Waals surface area contributed by atoms with Crippen LogP contribution >= 0.6 is 0 Å². The van der Waals surface area contributed by atoms with Gasteiger partial charge in [-0.2, -0.15) is 5.26 Å². The summed E-state index contributed by atoms with van der Waals surface area (Å²) in [6, 6.07) is 3.92. The Hall–Kier alpha value is -2.48. The Morgan fingerprint density at radius 3 is 2.75 bits per heavy atom. The Balaban J connectivity index is 2.36. The maximum absolute atomic E-state index is 9.02. The fourth-order valence-corrected chi connectivity index (χ4v) is 1.29. The van der Waals surface area contributed by atoms with E-state index in [9.17, 15) is 0 Å². The lowest BCUT2D eigenvalue weighted by molar-refractivity contribution is 1.16. The van der Waals surface area contributed by atoms with E-state index in [1.54, 1.807) is 24.7 Å². The molecule has 0 unspecified atom stereocenters. The molecule has 2 aromatic rings. The maximum atomic E-state index is 9.02. The topological polar surface area (TPSA) is 74.5 Å². The van der Waals surface area contributed by atoms with Crippen LogP contribution in [0.15, 0.2) is 31.0 Å². The number of nitrogens with zero attached hydrogens (tertiary/aromatic N) is 4. The fourth-order valence-electron chi connectivity index (χ4n) is 1.29. The van der Waals surface area contributed by atoms with Gasteiger partial charge in [0, 0.05) is 6.20 Å². The molecule has 0 amide bonds. The minimum Gasteiger partial charge on any atom is -0.337 e. The highest BCUT2D eigenvalue weighted by molar-refractivity contribution is 5.63. The van der Waals surface area contributed by atoms with Crippen LogP contribution in [-0.2, 0) is 0 Å². The number of aryl methyl sites for hydroxylation is 1. The van der Waals surface area contributed by atoms with Crippen LogP contribution in [0.5, 0.6) is 0 Å². The molecule has 2 rings (SSSR count). The highest BCUT2D eigenvalue weighted by atomic mass is 15.0. The first kappa shape index (κ1) is 10.1. The van der Waals surface area contributed by atoms with Gasteiger partial charge in [-0.15, -0.1) is 0 Å². The molecule has 16 heavy (non-hydrogen) atoms. The van der Waals surface area contributed by atoms with Crippen molar-refractivity contribution in [2.75, 3.05) is 5.32 Å². The average Bonchev–Trinajstić information content (AvgIpc) is 2.31. The lowest BCUT2D eigenvalue weighted by Crippen LogP contribution is -1.99. The third kappa shape index (κ3) is 1.96. The van der Waals surface area contributed by atoms with Crippen LogP contribution in [0.25, 0.3) is 0 Å². The molecule has 0 atom stereocenters. The van der Waals surface area contributed by atoms with Crippen molar-refractivity contribution < 1.29 is 0 Å². The molecular formula is C11H9N5. The van der Waals surface area contributed by atoms with Gasteiger partial charge in [0.15, 0.2) is 0 Å². The zero-order valence-corrected chi connectivity index (χ0v) is 8.68. The van der Waals surface area contributed by atoms with Gasteiger partial charge in [-0.05, 0) is 18.6 Å². The van der Waals surface area contributed by atoms with Gasteiger partial charge in [0.2, 0.25) is 0 Å². The van der Waals surface area contributed by atoms with E-state index in [-0.39, 0.29) is 0 Å². The molecule has 5 nitrogen and oxygen atoms in total. The zero-order valence-electron chi connectivity index (χ0n) is 8.68. The smallest absolute Gasteiger partial charge is 0.148 e. The zero-order chi connectivity index (χ0) is 11.4. The molecule has 0 aliphatic carbocycles. The summed E-state index contributed by atoms with van der Waals surface area (Å²) in [6.45, 7) is 1.87. The first-order chi connectivity index (χ1) is 7.81. The van der Waals surface area contributed by atoms with Gasteiger partial charge < -0.3 is 5.32 Å². The highest BCUT2D eigenvalue weighted by Gasteiger charge is 2.06. The summed E-state index contributed by atoms with van der Waals surface area (Å²) in [5.74, 6) is 0.525. The number of rotatable bonds is 2. The van der Waals surface area contributed by atoms with E-state index in [1.165, 1.54) is 6.33 Å². The largest absolute Gasteiger partial charge is 0.337 e. The molecule has 0 saturated carbocycles. The molecule has 0 aliphatic heterocycles. The van der Waals surface area contributed by atoms with E-state index in [1.807, 2.05) is 6.92 Å². The van der Waals surface area contributed by atoms with Gasteiger partial charge >= 0.3 is 0 Å². The number of nitrogens with one attached hydrogen (secondary N) is 1. The predicted octanol–water partition coefficient (Wildman–Crippen LogP) is 1.80. The monoisotopic (exact) mass is 211 g/mol. The molecule has 2 heterocycles. The van der Waals surface area contributed by atoms with Crippen LogP contribution in [0.4, 0.5) is 11.5 Å². The van der Waals surface area contributed by atoms with E-state index in [0.29, 0.717) is 17.1 Å². The standard InChI is InChI=1S/C11H9N5/c1-8-2-3-15-11(10(8)4-12)16-9-5-13-7-14-6-9/h2-3,5-7H,1H3,(H,15,16). The minimum absolute atomic E-state index is 0.525. The van der Waals surface area contributed by atoms with Crippen molar-refractivity contribution >= 4 is 11.5 Å². The molecule has 78 valence electrons. The number of hydrogen-bond acceptors (Lipinski definition) is 5. The summed E-state index contributed by atoms with van der Waals surface area (Å²) in [4.78, 5) is 11.9. The Bertz CT molecular complexity index is 530. The molecule has 0 saturated heterocycles.